The summed E-state index contributed by atoms with van der Waals surface area (Å²) in [7, 11) is 0. The topological polar surface area (TPSA) is 111 Å². The molecule has 0 aliphatic rings. The third kappa shape index (κ3) is 7.75. The summed E-state index contributed by atoms with van der Waals surface area (Å²) in [5, 5.41) is 10.6. The number of amides is 1. The zero-order valence-corrected chi connectivity index (χ0v) is 27.2. The number of esters is 1. The normalized spacial score (nSPS) is 13.3. The Morgan fingerprint density at radius 3 is 2.39 bits per heavy atom. The first-order valence-electron chi connectivity index (χ1n) is 14.6. The summed E-state index contributed by atoms with van der Waals surface area (Å²) in [5.74, 6) is -1.10. The SMILES string of the molecule is CCCCOC(=O)C(CCc1ccccc1)CC(C)(CC)C(=O)Nc1[nH]n(-c2c(Cl)cc(Cl)cc2Cl)c(=O)c1-n1cccn1. The smallest absolute Gasteiger partial charge is 0.308 e. The molecular formula is C32H36Cl3N5O4. The van der Waals surface area contributed by atoms with Crippen LogP contribution in [0.3, 0.4) is 0 Å². The van der Waals surface area contributed by atoms with Crippen molar-refractivity contribution in [1.29, 1.82) is 0 Å². The molecule has 0 radical (unpaired) electrons. The first-order valence-corrected chi connectivity index (χ1v) is 15.7. The molecule has 2 aromatic carbocycles. The summed E-state index contributed by atoms with van der Waals surface area (Å²) in [6, 6.07) is 14.5. The Hall–Kier alpha value is -3.53. The molecule has 0 spiro atoms. The Balaban J connectivity index is 1.66. The average Bonchev–Trinajstić information content (AvgIpc) is 3.63. The number of aryl methyl sites for hydroxylation is 1. The Bertz CT molecular complexity index is 1610. The number of anilines is 1. The van der Waals surface area contributed by atoms with Crippen LogP contribution < -0.4 is 10.9 Å². The average molecular weight is 661 g/mol. The van der Waals surface area contributed by atoms with E-state index < -0.39 is 16.9 Å². The lowest BCUT2D eigenvalue weighted by molar-refractivity contribution is -0.150. The summed E-state index contributed by atoms with van der Waals surface area (Å²) in [4.78, 5) is 41.0. The molecule has 1 amide bonds. The zero-order valence-electron chi connectivity index (χ0n) is 24.9. The van der Waals surface area contributed by atoms with E-state index in [0.717, 1.165) is 23.1 Å². The van der Waals surface area contributed by atoms with E-state index in [1.165, 1.54) is 23.0 Å². The minimum absolute atomic E-state index is 0.0588. The van der Waals surface area contributed by atoms with Crippen molar-refractivity contribution in [2.75, 3.05) is 11.9 Å². The number of rotatable bonds is 14. The molecule has 0 aliphatic carbocycles. The molecule has 2 heterocycles. The van der Waals surface area contributed by atoms with Crippen molar-refractivity contribution in [2.45, 2.75) is 59.3 Å². The third-order valence-corrected chi connectivity index (χ3v) is 8.56. The van der Waals surface area contributed by atoms with E-state index in [4.69, 9.17) is 39.5 Å². The van der Waals surface area contributed by atoms with Crippen LogP contribution in [0.5, 0.6) is 0 Å². The van der Waals surface area contributed by atoms with E-state index in [9.17, 15) is 14.4 Å². The summed E-state index contributed by atoms with van der Waals surface area (Å²) in [6.07, 6.45) is 6.65. The van der Waals surface area contributed by atoms with E-state index in [2.05, 4.69) is 15.5 Å². The minimum atomic E-state index is -0.985. The molecule has 2 atom stereocenters. The molecule has 234 valence electrons. The molecule has 0 saturated carbocycles. The summed E-state index contributed by atoms with van der Waals surface area (Å²) >= 11 is 19.0. The first-order chi connectivity index (χ1) is 21.1. The van der Waals surface area contributed by atoms with Crippen molar-refractivity contribution >= 4 is 52.5 Å². The van der Waals surface area contributed by atoms with Crippen molar-refractivity contribution in [2.24, 2.45) is 11.3 Å². The highest BCUT2D eigenvalue weighted by Crippen LogP contribution is 2.36. The van der Waals surface area contributed by atoms with Crippen molar-refractivity contribution in [3.63, 3.8) is 0 Å². The molecule has 2 aromatic heterocycles. The van der Waals surface area contributed by atoms with Crippen LogP contribution in [0, 0.1) is 11.3 Å². The molecule has 2 unspecified atom stereocenters. The van der Waals surface area contributed by atoms with Gasteiger partial charge in [-0.25, -0.2) is 9.36 Å². The van der Waals surface area contributed by atoms with E-state index in [1.807, 2.05) is 51.1 Å². The van der Waals surface area contributed by atoms with Crippen LogP contribution in [-0.4, -0.2) is 38.0 Å². The van der Waals surface area contributed by atoms with Gasteiger partial charge in [0.1, 0.15) is 5.69 Å². The van der Waals surface area contributed by atoms with Crippen molar-refractivity contribution in [1.82, 2.24) is 19.6 Å². The lowest BCUT2D eigenvalue weighted by Crippen LogP contribution is -2.37. The predicted octanol–water partition coefficient (Wildman–Crippen LogP) is 7.65. The van der Waals surface area contributed by atoms with Gasteiger partial charge in [-0.05, 0) is 55.9 Å². The van der Waals surface area contributed by atoms with Gasteiger partial charge in [0.05, 0.1) is 22.6 Å². The van der Waals surface area contributed by atoms with Gasteiger partial charge >= 0.3 is 5.97 Å². The number of ether oxygens (including phenoxy) is 1. The van der Waals surface area contributed by atoms with E-state index in [0.29, 0.717) is 30.9 Å². The quantitative estimate of drug-likeness (QED) is 0.107. The summed E-state index contributed by atoms with van der Waals surface area (Å²) < 4.78 is 8.11. The lowest BCUT2D eigenvalue weighted by Gasteiger charge is -2.30. The molecule has 12 heteroatoms. The molecular weight excluding hydrogens is 625 g/mol. The maximum Gasteiger partial charge on any atom is 0.308 e. The molecule has 0 bridgehead atoms. The minimum Gasteiger partial charge on any atom is -0.465 e. The second-order valence-corrected chi connectivity index (χ2v) is 12.2. The Kier molecular flexibility index (Phi) is 11.4. The van der Waals surface area contributed by atoms with Crippen LogP contribution in [0.15, 0.2) is 65.7 Å². The highest BCUT2D eigenvalue weighted by atomic mass is 35.5. The van der Waals surface area contributed by atoms with Crippen LogP contribution in [0.1, 0.15) is 58.4 Å². The number of aromatic nitrogens is 4. The van der Waals surface area contributed by atoms with Crippen LogP contribution >= 0.6 is 34.8 Å². The number of benzene rings is 2. The fourth-order valence-corrected chi connectivity index (χ4v) is 5.95. The molecule has 4 aromatic rings. The lowest BCUT2D eigenvalue weighted by atomic mass is 9.76. The molecule has 44 heavy (non-hydrogen) atoms. The van der Waals surface area contributed by atoms with Gasteiger partial charge in [0.15, 0.2) is 11.5 Å². The van der Waals surface area contributed by atoms with Crippen molar-refractivity contribution < 1.29 is 14.3 Å². The molecule has 0 saturated heterocycles. The molecule has 2 N–H and O–H groups in total. The second kappa shape index (κ2) is 15.0. The van der Waals surface area contributed by atoms with Gasteiger partial charge in [0, 0.05) is 22.8 Å². The van der Waals surface area contributed by atoms with E-state index in [1.54, 1.807) is 12.3 Å². The molecule has 9 nitrogen and oxygen atoms in total. The molecule has 4 rings (SSSR count). The van der Waals surface area contributed by atoms with Gasteiger partial charge in [-0.15, -0.1) is 0 Å². The van der Waals surface area contributed by atoms with Crippen LogP contribution in [-0.2, 0) is 20.7 Å². The van der Waals surface area contributed by atoms with Gasteiger partial charge in [-0.2, -0.15) is 5.10 Å². The zero-order chi connectivity index (χ0) is 31.9. The van der Waals surface area contributed by atoms with Gasteiger partial charge in [0.2, 0.25) is 5.91 Å². The largest absolute Gasteiger partial charge is 0.465 e. The van der Waals surface area contributed by atoms with Crippen molar-refractivity contribution in [3.8, 4) is 11.4 Å². The van der Waals surface area contributed by atoms with E-state index >= 15 is 0 Å². The fraction of sp³-hybridized carbons (Fsp3) is 0.375. The Morgan fingerprint density at radius 1 is 1.07 bits per heavy atom. The number of nitrogens with zero attached hydrogens (tertiary/aromatic N) is 3. The van der Waals surface area contributed by atoms with Gasteiger partial charge < -0.3 is 10.1 Å². The van der Waals surface area contributed by atoms with Gasteiger partial charge in [-0.3, -0.25) is 19.5 Å². The number of hydrogen-bond acceptors (Lipinski definition) is 5. The number of aromatic amines is 1. The molecule has 0 fully saturated rings. The Morgan fingerprint density at radius 2 is 1.77 bits per heavy atom. The van der Waals surface area contributed by atoms with E-state index in [-0.39, 0.29) is 45.5 Å². The maximum atomic E-state index is 14.0. The van der Waals surface area contributed by atoms with Gasteiger partial charge in [0.25, 0.3) is 5.56 Å². The monoisotopic (exact) mass is 659 g/mol. The van der Waals surface area contributed by atoms with Crippen LogP contribution in [0.4, 0.5) is 5.82 Å². The fourth-order valence-electron chi connectivity index (χ4n) is 4.96. The van der Waals surface area contributed by atoms with Crippen molar-refractivity contribution in [3.05, 3.63) is 91.9 Å². The predicted molar refractivity (Wildman–Crippen MR) is 174 cm³/mol. The third-order valence-electron chi connectivity index (χ3n) is 7.77. The summed E-state index contributed by atoms with van der Waals surface area (Å²) in [5.41, 5.74) is -0.201. The highest BCUT2D eigenvalue weighted by molar-refractivity contribution is 6.40. The molecule has 0 aliphatic heterocycles. The standard InChI is InChI=1S/C32H36Cl3N5O4/c1-4-6-17-44-30(42)22(14-13-21-11-8-7-9-12-21)20-32(3,5-2)31(43)37-28-27(39-16-10-15-36-39)29(41)40(38-28)26-24(34)18-23(33)19-25(26)35/h7-12,15-16,18-19,22,38H,4-6,13-14,17,20H2,1-3H3,(H,37,43). The second-order valence-electron chi connectivity index (χ2n) is 11.0. The Labute approximate surface area is 271 Å². The number of hydrogen-bond donors (Lipinski definition) is 2. The number of H-pyrrole nitrogens is 1. The number of nitrogens with one attached hydrogen (secondary N) is 2. The van der Waals surface area contributed by atoms with Crippen LogP contribution in [0.2, 0.25) is 15.1 Å². The first kappa shape index (κ1) is 33.4. The number of unbranched alkanes of at least 4 members (excludes halogenated alkanes) is 1. The maximum absolute atomic E-state index is 14.0. The van der Waals surface area contributed by atoms with Crippen LogP contribution in [0.25, 0.3) is 11.4 Å². The number of halogens is 3. The number of carbonyl (C=O) groups excluding carboxylic acids is 2. The highest BCUT2D eigenvalue weighted by Gasteiger charge is 2.38. The number of carbonyl (C=O) groups is 2. The summed E-state index contributed by atoms with van der Waals surface area (Å²) in [6.45, 7) is 6.08. The van der Waals surface area contributed by atoms with Gasteiger partial charge in [-0.1, -0.05) is 92.3 Å².